The molecule has 4 fully saturated rings. The molecule has 4 aliphatic rings. The van der Waals surface area contributed by atoms with Gasteiger partial charge in [0, 0.05) is 50.0 Å². The van der Waals surface area contributed by atoms with Crippen LogP contribution in [0.1, 0.15) is 77.6 Å². The fraction of sp³-hybridized carbons (Fsp3) is 0.750. The van der Waals surface area contributed by atoms with Gasteiger partial charge in [0.15, 0.2) is 0 Å². The highest BCUT2D eigenvalue weighted by Gasteiger charge is 2.60. The molecule has 2 aliphatic heterocycles. The van der Waals surface area contributed by atoms with Crippen molar-refractivity contribution in [2.75, 3.05) is 50.8 Å². The van der Waals surface area contributed by atoms with E-state index in [4.69, 9.17) is 16.3 Å². The molecule has 2 saturated carbocycles. The van der Waals surface area contributed by atoms with Crippen LogP contribution in [0.3, 0.4) is 0 Å². The molecule has 2 amide bonds. The van der Waals surface area contributed by atoms with Crippen LogP contribution in [0.4, 0.5) is 5.69 Å². The van der Waals surface area contributed by atoms with E-state index in [0.29, 0.717) is 25.0 Å². The summed E-state index contributed by atoms with van der Waals surface area (Å²) in [6.07, 6.45) is 13.3. The Morgan fingerprint density at radius 2 is 1.51 bits per heavy atom. The third-order valence-corrected chi connectivity index (χ3v) is 10.00. The van der Waals surface area contributed by atoms with Crippen molar-refractivity contribution in [1.82, 2.24) is 9.80 Å². The number of amides is 2. The normalized spacial score (nSPS) is 27.5. The number of hydrogen-bond acceptors (Lipinski definition) is 5. The van der Waals surface area contributed by atoms with Crippen molar-refractivity contribution >= 4 is 29.1 Å². The van der Waals surface area contributed by atoms with Gasteiger partial charge in [-0.25, -0.2) is 0 Å². The van der Waals surface area contributed by atoms with E-state index in [0.717, 1.165) is 63.4 Å². The Morgan fingerprint density at radius 3 is 2.15 bits per heavy atom. The molecule has 5 atom stereocenters. The second-order valence-electron chi connectivity index (χ2n) is 12.4. The zero-order valence-corrected chi connectivity index (χ0v) is 24.6. The van der Waals surface area contributed by atoms with Gasteiger partial charge in [-0.15, -0.1) is 0 Å². The minimum Gasteiger partial charge on any atom is -0.375 e. The molecule has 3 unspecified atom stereocenters. The molecule has 0 aromatic heterocycles. The fourth-order valence-electron chi connectivity index (χ4n) is 7.65. The van der Waals surface area contributed by atoms with Gasteiger partial charge in [0.2, 0.25) is 11.8 Å². The quantitative estimate of drug-likeness (QED) is 0.195. The predicted molar refractivity (Wildman–Crippen MR) is 157 cm³/mol. The number of carbonyl (C=O) groups is 2. The van der Waals surface area contributed by atoms with Crippen molar-refractivity contribution in [2.24, 2.45) is 23.7 Å². The van der Waals surface area contributed by atoms with Crippen LogP contribution in [0.2, 0.25) is 5.02 Å². The molecule has 0 radical (unpaired) electrons. The maximum atomic E-state index is 13.4. The van der Waals surface area contributed by atoms with Gasteiger partial charge >= 0.3 is 0 Å². The Morgan fingerprint density at radius 1 is 0.872 bits per heavy atom. The number of likely N-dealkylation sites (tertiary alicyclic amines) is 1. The highest BCUT2D eigenvalue weighted by atomic mass is 35.5. The Kier molecular flexibility index (Phi) is 10.2. The average Bonchev–Trinajstić information content (AvgIpc) is 3.63. The smallest absolute Gasteiger partial charge is 0.233 e. The lowest BCUT2D eigenvalue weighted by Gasteiger charge is -2.38. The fourth-order valence-corrected chi connectivity index (χ4v) is 7.84. The molecule has 1 aromatic carbocycles. The molecule has 7 heteroatoms. The molecule has 2 heterocycles. The van der Waals surface area contributed by atoms with Gasteiger partial charge in [0.1, 0.15) is 0 Å². The van der Waals surface area contributed by atoms with E-state index >= 15 is 0 Å². The summed E-state index contributed by atoms with van der Waals surface area (Å²) in [4.78, 5) is 33.2. The lowest BCUT2D eigenvalue weighted by molar-refractivity contribution is -0.143. The van der Waals surface area contributed by atoms with Crippen LogP contribution < -0.4 is 4.90 Å². The van der Waals surface area contributed by atoms with E-state index < -0.39 is 0 Å². The van der Waals surface area contributed by atoms with Crippen molar-refractivity contribution in [2.45, 2.75) is 83.7 Å². The first-order chi connectivity index (χ1) is 19.0. The van der Waals surface area contributed by atoms with Crippen LogP contribution in [-0.4, -0.2) is 73.6 Å². The summed E-state index contributed by atoms with van der Waals surface area (Å²) in [7, 11) is 0. The van der Waals surface area contributed by atoms with E-state index in [1.165, 1.54) is 50.6 Å². The number of nitrogens with zero attached hydrogens (tertiary/aromatic N) is 3. The zero-order valence-electron chi connectivity index (χ0n) is 23.9. The van der Waals surface area contributed by atoms with Crippen molar-refractivity contribution in [3.63, 3.8) is 0 Å². The highest BCUT2D eigenvalue weighted by molar-refractivity contribution is 6.30. The van der Waals surface area contributed by atoms with Crippen molar-refractivity contribution in [1.29, 1.82) is 0 Å². The molecule has 1 aromatic rings. The summed E-state index contributed by atoms with van der Waals surface area (Å²) in [5, 5.41) is 0.766. The predicted octanol–water partition coefficient (Wildman–Crippen LogP) is 6.02. The first-order valence-electron chi connectivity index (χ1n) is 15.7. The maximum absolute atomic E-state index is 13.4. The zero-order chi connectivity index (χ0) is 27.2. The minimum atomic E-state index is -0.128. The maximum Gasteiger partial charge on any atom is 0.233 e. The topological polar surface area (TPSA) is 53.1 Å². The van der Waals surface area contributed by atoms with E-state index in [-0.39, 0.29) is 29.8 Å². The lowest BCUT2D eigenvalue weighted by atomic mass is 9.81. The number of carbonyl (C=O) groups excluding carboxylic acids is 2. The van der Waals surface area contributed by atoms with Crippen LogP contribution in [0.5, 0.6) is 0 Å². The largest absolute Gasteiger partial charge is 0.375 e. The number of hydrogen-bond donors (Lipinski definition) is 0. The molecular weight excluding hydrogens is 510 g/mol. The molecule has 2 aliphatic carbocycles. The van der Waals surface area contributed by atoms with Gasteiger partial charge in [-0.2, -0.15) is 0 Å². The van der Waals surface area contributed by atoms with E-state index in [9.17, 15) is 9.59 Å². The molecule has 0 N–H and O–H groups in total. The van der Waals surface area contributed by atoms with Crippen LogP contribution in [0.25, 0.3) is 0 Å². The molecule has 0 spiro atoms. The van der Waals surface area contributed by atoms with Crippen molar-refractivity contribution < 1.29 is 14.3 Å². The van der Waals surface area contributed by atoms with Crippen molar-refractivity contribution in [3.05, 3.63) is 29.3 Å². The summed E-state index contributed by atoms with van der Waals surface area (Å²) in [6, 6.07) is 8.06. The third kappa shape index (κ3) is 7.00. The number of piperazine rings is 1. The number of halogens is 1. The molecule has 6 nitrogen and oxygen atoms in total. The van der Waals surface area contributed by atoms with Gasteiger partial charge in [-0.05, 0) is 55.7 Å². The number of imide groups is 1. The number of anilines is 1. The Bertz CT molecular complexity index is 938. The van der Waals surface area contributed by atoms with Gasteiger partial charge in [-0.1, -0.05) is 69.5 Å². The number of rotatable bonds is 15. The standard InChI is InChI=1S/C32H48ClN3O3/c1-2-3-4-5-6-7-8-9-19-39-28(22-34-15-17-35(18-16-34)27-12-10-11-26(33)21-27)23-36-31(37)29-24-13-14-25(20-24)30(29)32(36)38/h10-12,21,24-25,28-30H,2-9,13-20,22-23H2,1H3/t24-,25?,28?,29-,30?/m0/s1. The summed E-state index contributed by atoms with van der Waals surface area (Å²) in [5.74, 6) is 0.930. The van der Waals surface area contributed by atoms with Gasteiger partial charge < -0.3 is 9.64 Å². The van der Waals surface area contributed by atoms with Crippen LogP contribution in [-0.2, 0) is 14.3 Å². The number of ether oxygens (including phenoxy) is 1. The summed E-state index contributed by atoms with van der Waals surface area (Å²) in [5.41, 5.74) is 1.17. The van der Waals surface area contributed by atoms with E-state index in [1.54, 1.807) is 4.90 Å². The highest BCUT2D eigenvalue weighted by Crippen LogP contribution is 2.56. The van der Waals surface area contributed by atoms with Crippen LogP contribution in [0.15, 0.2) is 24.3 Å². The molecule has 2 saturated heterocycles. The van der Waals surface area contributed by atoms with E-state index in [1.807, 2.05) is 18.2 Å². The second-order valence-corrected chi connectivity index (χ2v) is 12.8. The minimum absolute atomic E-state index is 0.0501. The molecular formula is C32H48ClN3O3. The van der Waals surface area contributed by atoms with Gasteiger partial charge in [0.25, 0.3) is 0 Å². The SMILES string of the molecule is CCCCCCCCCCOC(CN1CCN(c2cccc(Cl)c2)CC1)CN1C(=O)C2C3CC[C@@H](C3)[C@@H]2C1=O. The molecule has 216 valence electrons. The van der Waals surface area contributed by atoms with Crippen LogP contribution >= 0.6 is 11.6 Å². The average molecular weight is 558 g/mol. The Labute approximate surface area is 240 Å². The first-order valence-corrected chi connectivity index (χ1v) is 16.1. The number of benzene rings is 1. The third-order valence-electron chi connectivity index (χ3n) is 9.76. The van der Waals surface area contributed by atoms with Gasteiger partial charge in [-0.3, -0.25) is 19.4 Å². The van der Waals surface area contributed by atoms with Gasteiger partial charge in [0.05, 0.1) is 24.5 Å². The van der Waals surface area contributed by atoms with Crippen LogP contribution in [0, 0.1) is 23.7 Å². The first kappa shape index (κ1) is 28.9. The van der Waals surface area contributed by atoms with Crippen molar-refractivity contribution in [3.8, 4) is 0 Å². The molecule has 5 rings (SSSR count). The number of unbranched alkanes of at least 4 members (excludes halogenated alkanes) is 7. The second kappa shape index (κ2) is 13.8. The Hall–Kier alpha value is -1.63. The summed E-state index contributed by atoms with van der Waals surface area (Å²) < 4.78 is 6.45. The monoisotopic (exact) mass is 557 g/mol. The Balaban J connectivity index is 1.13. The van der Waals surface area contributed by atoms with E-state index in [2.05, 4.69) is 22.8 Å². The molecule has 39 heavy (non-hydrogen) atoms. The summed E-state index contributed by atoms with van der Waals surface area (Å²) in [6.45, 7) is 7.86. The number of fused-ring (bicyclic) bond motifs is 5. The summed E-state index contributed by atoms with van der Waals surface area (Å²) >= 11 is 6.22. The molecule has 2 bridgehead atoms. The lowest BCUT2D eigenvalue weighted by Crippen LogP contribution is -2.51.